The molecule has 2 amide bonds. The quantitative estimate of drug-likeness (QED) is 0.653. The van der Waals surface area contributed by atoms with E-state index in [4.69, 9.17) is 9.47 Å². The average Bonchev–Trinajstić information content (AvgIpc) is 3.54. The third-order valence-electron chi connectivity index (χ3n) is 5.06. The minimum atomic E-state index is -0.910. The van der Waals surface area contributed by atoms with E-state index in [1.165, 1.54) is 0 Å². The summed E-state index contributed by atoms with van der Waals surface area (Å²) in [6.45, 7) is 0.891. The van der Waals surface area contributed by atoms with Gasteiger partial charge in [-0.1, -0.05) is 36.4 Å². The van der Waals surface area contributed by atoms with Crippen LogP contribution >= 0.6 is 0 Å². The Bertz CT molecular complexity index is 832. The number of nitrogens with one attached hydrogen (secondary N) is 2. The van der Waals surface area contributed by atoms with Gasteiger partial charge in [0.05, 0.1) is 14.2 Å². The van der Waals surface area contributed by atoms with E-state index in [9.17, 15) is 9.59 Å². The average molecular weight is 382 g/mol. The molecule has 0 aliphatic heterocycles. The van der Waals surface area contributed by atoms with Crippen LogP contribution in [0.5, 0.6) is 11.5 Å². The van der Waals surface area contributed by atoms with Crippen LogP contribution in [0.4, 0.5) is 0 Å². The van der Waals surface area contributed by atoms with Gasteiger partial charge in [0.25, 0.3) is 0 Å². The molecule has 148 valence electrons. The monoisotopic (exact) mass is 382 g/mol. The molecule has 0 radical (unpaired) electrons. The highest BCUT2D eigenvalue weighted by Crippen LogP contribution is 2.46. The normalized spacial score (nSPS) is 14.1. The molecule has 1 saturated carbocycles. The molecule has 1 aliphatic rings. The molecule has 0 spiro atoms. The number of amides is 2. The van der Waals surface area contributed by atoms with Crippen molar-refractivity contribution in [2.24, 2.45) is 5.41 Å². The zero-order valence-electron chi connectivity index (χ0n) is 16.3. The predicted octanol–water partition coefficient (Wildman–Crippen LogP) is 2.46. The molecule has 1 fully saturated rings. The summed E-state index contributed by atoms with van der Waals surface area (Å²) in [5.74, 6) is 0.936. The molecule has 6 heteroatoms. The molecule has 6 nitrogen and oxygen atoms in total. The van der Waals surface area contributed by atoms with E-state index < -0.39 is 5.41 Å². The Hall–Kier alpha value is -3.02. The Morgan fingerprint density at radius 1 is 0.893 bits per heavy atom. The molecule has 2 aromatic rings. The third kappa shape index (κ3) is 4.44. The van der Waals surface area contributed by atoms with Gasteiger partial charge in [0, 0.05) is 13.1 Å². The highest BCUT2D eigenvalue weighted by Gasteiger charge is 2.56. The molecule has 0 saturated heterocycles. The van der Waals surface area contributed by atoms with Crippen molar-refractivity contribution >= 4 is 11.8 Å². The minimum Gasteiger partial charge on any atom is -0.493 e. The summed E-state index contributed by atoms with van der Waals surface area (Å²) in [4.78, 5) is 25.1. The maximum Gasteiger partial charge on any atom is 0.235 e. The van der Waals surface area contributed by atoms with E-state index in [0.717, 1.165) is 11.1 Å². The first-order chi connectivity index (χ1) is 13.6. The van der Waals surface area contributed by atoms with Crippen LogP contribution in [0.3, 0.4) is 0 Å². The van der Waals surface area contributed by atoms with Gasteiger partial charge >= 0.3 is 0 Å². The number of methoxy groups -OCH3 is 2. The molecule has 0 bridgehead atoms. The largest absolute Gasteiger partial charge is 0.493 e. The zero-order chi connectivity index (χ0) is 20.0. The molecule has 0 atom stereocenters. The highest BCUT2D eigenvalue weighted by molar-refractivity contribution is 6.07. The van der Waals surface area contributed by atoms with Gasteiger partial charge in [0.2, 0.25) is 11.8 Å². The SMILES string of the molecule is COc1ccc(CCNC(=O)C2(C(=O)NCc3ccccc3)CC2)cc1OC. The van der Waals surface area contributed by atoms with Crippen molar-refractivity contribution in [2.75, 3.05) is 20.8 Å². The van der Waals surface area contributed by atoms with Gasteiger partial charge in [-0.3, -0.25) is 9.59 Å². The molecule has 0 unspecified atom stereocenters. The van der Waals surface area contributed by atoms with Crippen LogP contribution in [0.15, 0.2) is 48.5 Å². The molecule has 2 aromatic carbocycles. The fourth-order valence-electron chi connectivity index (χ4n) is 3.16. The lowest BCUT2D eigenvalue weighted by atomic mass is 10.0. The molecule has 0 aromatic heterocycles. The van der Waals surface area contributed by atoms with Gasteiger partial charge in [0.15, 0.2) is 11.5 Å². The van der Waals surface area contributed by atoms with Crippen LogP contribution in [0.25, 0.3) is 0 Å². The molecule has 3 rings (SSSR count). The van der Waals surface area contributed by atoms with Crippen LogP contribution < -0.4 is 20.1 Å². The Balaban J connectivity index is 1.49. The van der Waals surface area contributed by atoms with Crippen LogP contribution in [0.1, 0.15) is 24.0 Å². The number of carbonyl (C=O) groups is 2. The van der Waals surface area contributed by atoms with Crippen molar-refractivity contribution in [3.8, 4) is 11.5 Å². The highest BCUT2D eigenvalue weighted by atomic mass is 16.5. The fourth-order valence-corrected chi connectivity index (χ4v) is 3.16. The van der Waals surface area contributed by atoms with Crippen LogP contribution in [0.2, 0.25) is 0 Å². The van der Waals surface area contributed by atoms with E-state index in [-0.39, 0.29) is 11.8 Å². The van der Waals surface area contributed by atoms with Gasteiger partial charge in [-0.15, -0.1) is 0 Å². The summed E-state index contributed by atoms with van der Waals surface area (Å²) >= 11 is 0. The van der Waals surface area contributed by atoms with Crippen molar-refractivity contribution in [1.82, 2.24) is 10.6 Å². The number of carbonyl (C=O) groups excluding carboxylic acids is 2. The first-order valence-electron chi connectivity index (χ1n) is 9.40. The standard InChI is InChI=1S/C22H26N2O4/c1-27-18-9-8-16(14-19(18)28-2)10-13-23-20(25)22(11-12-22)21(26)24-15-17-6-4-3-5-7-17/h3-9,14H,10-13,15H2,1-2H3,(H,23,25)(H,24,26). The lowest BCUT2D eigenvalue weighted by Gasteiger charge is -2.16. The minimum absolute atomic E-state index is 0.194. The summed E-state index contributed by atoms with van der Waals surface area (Å²) < 4.78 is 10.5. The van der Waals surface area contributed by atoms with E-state index in [0.29, 0.717) is 43.9 Å². The van der Waals surface area contributed by atoms with E-state index in [1.807, 2.05) is 48.5 Å². The second kappa shape index (κ2) is 8.78. The summed E-state index contributed by atoms with van der Waals surface area (Å²) in [6, 6.07) is 15.4. The molecule has 0 heterocycles. The topological polar surface area (TPSA) is 76.7 Å². The van der Waals surface area contributed by atoms with Crippen molar-refractivity contribution in [3.05, 3.63) is 59.7 Å². The summed E-state index contributed by atoms with van der Waals surface area (Å²) in [7, 11) is 3.18. The van der Waals surface area contributed by atoms with Crippen LogP contribution in [-0.2, 0) is 22.6 Å². The summed E-state index contributed by atoms with van der Waals surface area (Å²) in [6.07, 6.45) is 1.83. The maximum absolute atomic E-state index is 12.6. The number of benzene rings is 2. The predicted molar refractivity (Wildman–Crippen MR) is 106 cm³/mol. The molecule has 1 aliphatic carbocycles. The Labute approximate surface area is 165 Å². The lowest BCUT2D eigenvalue weighted by Crippen LogP contribution is -2.43. The van der Waals surface area contributed by atoms with Crippen molar-refractivity contribution in [3.63, 3.8) is 0 Å². The zero-order valence-corrected chi connectivity index (χ0v) is 16.3. The van der Waals surface area contributed by atoms with Crippen LogP contribution in [-0.4, -0.2) is 32.6 Å². The Kier molecular flexibility index (Phi) is 6.19. The van der Waals surface area contributed by atoms with E-state index in [2.05, 4.69) is 10.6 Å². The van der Waals surface area contributed by atoms with Crippen LogP contribution in [0, 0.1) is 5.41 Å². The molecule has 2 N–H and O–H groups in total. The smallest absolute Gasteiger partial charge is 0.235 e. The number of hydrogen-bond acceptors (Lipinski definition) is 4. The first kappa shape index (κ1) is 19.7. The summed E-state index contributed by atoms with van der Waals surface area (Å²) in [5.41, 5.74) is 1.13. The Morgan fingerprint density at radius 2 is 1.57 bits per heavy atom. The second-order valence-corrected chi connectivity index (χ2v) is 6.95. The second-order valence-electron chi connectivity index (χ2n) is 6.95. The first-order valence-corrected chi connectivity index (χ1v) is 9.40. The lowest BCUT2D eigenvalue weighted by molar-refractivity contribution is -0.137. The number of hydrogen-bond donors (Lipinski definition) is 2. The van der Waals surface area contributed by atoms with Crippen molar-refractivity contribution in [2.45, 2.75) is 25.8 Å². The van der Waals surface area contributed by atoms with E-state index >= 15 is 0 Å². The van der Waals surface area contributed by atoms with Gasteiger partial charge < -0.3 is 20.1 Å². The molecular formula is C22H26N2O4. The Morgan fingerprint density at radius 3 is 2.21 bits per heavy atom. The summed E-state index contributed by atoms with van der Waals surface area (Å²) in [5, 5.41) is 5.80. The fraction of sp³-hybridized carbons (Fsp3) is 0.364. The van der Waals surface area contributed by atoms with E-state index in [1.54, 1.807) is 14.2 Å². The maximum atomic E-state index is 12.6. The third-order valence-corrected chi connectivity index (χ3v) is 5.06. The van der Waals surface area contributed by atoms with Gasteiger partial charge in [0.1, 0.15) is 5.41 Å². The molecule has 28 heavy (non-hydrogen) atoms. The van der Waals surface area contributed by atoms with Gasteiger partial charge in [-0.2, -0.15) is 0 Å². The van der Waals surface area contributed by atoms with Gasteiger partial charge in [-0.25, -0.2) is 0 Å². The van der Waals surface area contributed by atoms with Gasteiger partial charge in [-0.05, 0) is 42.5 Å². The van der Waals surface area contributed by atoms with Crippen molar-refractivity contribution < 1.29 is 19.1 Å². The number of rotatable bonds is 9. The number of ether oxygens (including phenoxy) is 2. The molecular weight excluding hydrogens is 356 g/mol. The van der Waals surface area contributed by atoms with Crippen molar-refractivity contribution in [1.29, 1.82) is 0 Å².